The first-order valence-corrected chi connectivity index (χ1v) is 6.13. The number of benzene rings is 1. The predicted molar refractivity (Wildman–Crippen MR) is 72.9 cm³/mol. The molecule has 0 spiro atoms. The second-order valence-electron chi connectivity index (χ2n) is 4.49. The normalized spacial score (nSPS) is 12.2. The zero-order valence-electron chi connectivity index (χ0n) is 11.6. The van der Waals surface area contributed by atoms with Gasteiger partial charge in [0.2, 0.25) is 0 Å². The summed E-state index contributed by atoms with van der Waals surface area (Å²) >= 11 is 0. The van der Waals surface area contributed by atoms with Crippen LogP contribution in [0, 0.1) is 12.7 Å². The standard InChI is InChI=1S/C14H16FN3O2/c1-8(10-5-4-6-11(15)7-10)18-9(2)17-12(13(18)16)14(19)20-3/h4-8H,16H2,1-3H3. The number of esters is 1. The molecule has 106 valence electrons. The first-order valence-electron chi connectivity index (χ1n) is 6.13. The fourth-order valence-corrected chi connectivity index (χ4v) is 2.21. The third-order valence-electron chi connectivity index (χ3n) is 3.22. The number of aryl methyl sites for hydroxylation is 1. The van der Waals surface area contributed by atoms with E-state index in [0.717, 1.165) is 5.56 Å². The highest BCUT2D eigenvalue weighted by Gasteiger charge is 2.22. The number of nitrogens with zero attached hydrogens (tertiary/aromatic N) is 2. The summed E-state index contributed by atoms with van der Waals surface area (Å²) in [6.45, 7) is 3.60. The van der Waals surface area contributed by atoms with E-state index in [1.165, 1.54) is 19.2 Å². The van der Waals surface area contributed by atoms with Crippen LogP contribution in [0.2, 0.25) is 0 Å². The molecular formula is C14H16FN3O2. The zero-order chi connectivity index (χ0) is 14.9. The summed E-state index contributed by atoms with van der Waals surface area (Å²) in [6.07, 6.45) is 0. The highest BCUT2D eigenvalue weighted by atomic mass is 19.1. The third kappa shape index (κ3) is 2.36. The molecule has 0 amide bonds. The van der Waals surface area contributed by atoms with Gasteiger partial charge in [0.25, 0.3) is 0 Å². The number of imidazole rings is 1. The van der Waals surface area contributed by atoms with Gasteiger partial charge in [-0.2, -0.15) is 0 Å². The minimum atomic E-state index is -0.587. The highest BCUT2D eigenvalue weighted by molar-refractivity contribution is 5.92. The average molecular weight is 277 g/mol. The number of nitrogens with two attached hydrogens (primary N) is 1. The molecule has 0 bridgehead atoms. The monoisotopic (exact) mass is 277 g/mol. The van der Waals surface area contributed by atoms with Gasteiger partial charge < -0.3 is 15.0 Å². The van der Waals surface area contributed by atoms with Gasteiger partial charge in [0.15, 0.2) is 5.69 Å². The Morgan fingerprint density at radius 3 is 2.80 bits per heavy atom. The van der Waals surface area contributed by atoms with Gasteiger partial charge in [-0.1, -0.05) is 12.1 Å². The molecule has 1 unspecified atom stereocenters. The van der Waals surface area contributed by atoms with Crippen LogP contribution in [0.3, 0.4) is 0 Å². The summed E-state index contributed by atoms with van der Waals surface area (Å²) in [4.78, 5) is 15.7. The number of halogens is 1. The minimum absolute atomic E-state index is 0.0771. The van der Waals surface area contributed by atoms with Crippen molar-refractivity contribution >= 4 is 11.8 Å². The number of hydrogen-bond donors (Lipinski definition) is 1. The van der Waals surface area contributed by atoms with Gasteiger partial charge >= 0.3 is 5.97 Å². The molecule has 0 radical (unpaired) electrons. The van der Waals surface area contributed by atoms with Gasteiger partial charge in [-0.25, -0.2) is 14.2 Å². The Morgan fingerprint density at radius 1 is 1.50 bits per heavy atom. The molecule has 2 aromatic rings. The molecule has 0 saturated heterocycles. The maximum atomic E-state index is 13.3. The maximum absolute atomic E-state index is 13.3. The van der Waals surface area contributed by atoms with Gasteiger partial charge in [-0.15, -0.1) is 0 Å². The van der Waals surface area contributed by atoms with E-state index in [2.05, 4.69) is 9.72 Å². The zero-order valence-corrected chi connectivity index (χ0v) is 11.6. The van der Waals surface area contributed by atoms with Crippen LogP contribution in [-0.4, -0.2) is 22.6 Å². The number of hydrogen-bond acceptors (Lipinski definition) is 4. The Labute approximate surface area is 116 Å². The van der Waals surface area contributed by atoms with E-state index < -0.39 is 5.97 Å². The van der Waals surface area contributed by atoms with Gasteiger partial charge in [-0.05, 0) is 31.5 Å². The smallest absolute Gasteiger partial charge is 0.360 e. The van der Waals surface area contributed by atoms with Crippen molar-refractivity contribution < 1.29 is 13.9 Å². The van der Waals surface area contributed by atoms with Crippen molar-refractivity contribution in [3.63, 3.8) is 0 Å². The van der Waals surface area contributed by atoms with Crippen LogP contribution in [0.1, 0.15) is 34.8 Å². The van der Waals surface area contributed by atoms with E-state index in [1.54, 1.807) is 23.6 Å². The van der Waals surface area contributed by atoms with Crippen molar-refractivity contribution in [3.05, 3.63) is 47.2 Å². The molecule has 0 aliphatic carbocycles. The van der Waals surface area contributed by atoms with Crippen LogP contribution in [0.15, 0.2) is 24.3 Å². The lowest BCUT2D eigenvalue weighted by atomic mass is 10.1. The summed E-state index contributed by atoms with van der Waals surface area (Å²) in [5.41, 5.74) is 6.78. The molecule has 2 rings (SSSR count). The van der Waals surface area contributed by atoms with Crippen molar-refractivity contribution in [2.75, 3.05) is 12.8 Å². The van der Waals surface area contributed by atoms with Gasteiger partial charge in [0.1, 0.15) is 17.5 Å². The number of carbonyl (C=O) groups is 1. The van der Waals surface area contributed by atoms with Crippen LogP contribution in [0.5, 0.6) is 0 Å². The largest absolute Gasteiger partial charge is 0.464 e. The Hall–Kier alpha value is -2.37. The number of methoxy groups -OCH3 is 1. The second-order valence-corrected chi connectivity index (χ2v) is 4.49. The van der Waals surface area contributed by atoms with Crippen LogP contribution < -0.4 is 5.73 Å². The summed E-state index contributed by atoms with van der Waals surface area (Å²) in [5, 5.41) is 0. The van der Waals surface area contributed by atoms with E-state index in [9.17, 15) is 9.18 Å². The summed E-state index contributed by atoms with van der Waals surface area (Å²) < 4.78 is 19.6. The average Bonchev–Trinajstić information content (AvgIpc) is 2.72. The molecule has 1 aromatic carbocycles. The lowest BCUT2D eigenvalue weighted by Gasteiger charge is -2.17. The molecule has 0 saturated carbocycles. The fraction of sp³-hybridized carbons (Fsp3) is 0.286. The lowest BCUT2D eigenvalue weighted by molar-refractivity contribution is 0.0595. The highest BCUT2D eigenvalue weighted by Crippen LogP contribution is 2.26. The molecule has 0 aliphatic rings. The molecule has 6 heteroatoms. The molecule has 1 heterocycles. The third-order valence-corrected chi connectivity index (χ3v) is 3.22. The fourth-order valence-electron chi connectivity index (χ4n) is 2.21. The molecular weight excluding hydrogens is 261 g/mol. The van der Waals surface area contributed by atoms with E-state index in [4.69, 9.17) is 5.73 Å². The number of rotatable bonds is 3. The van der Waals surface area contributed by atoms with Crippen molar-refractivity contribution in [2.24, 2.45) is 0 Å². The topological polar surface area (TPSA) is 70.1 Å². The van der Waals surface area contributed by atoms with Crippen molar-refractivity contribution in [1.82, 2.24) is 9.55 Å². The number of carbonyl (C=O) groups excluding carboxylic acids is 1. The van der Waals surface area contributed by atoms with Gasteiger partial charge in [0, 0.05) is 0 Å². The Bertz CT molecular complexity index is 652. The lowest BCUT2D eigenvalue weighted by Crippen LogP contribution is -2.13. The number of aromatic nitrogens is 2. The van der Waals surface area contributed by atoms with Crippen molar-refractivity contribution in [2.45, 2.75) is 19.9 Å². The van der Waals surface area contributed by atoms with Crippen molar-refractivity contribution in [1.29, 1.82) is 0 Å². The summed E-state index contributed by atoms with van der Waals surface area (Å²) in [5.74, 6) is -0.125. The molecule has 1 aromatic heterocycles. The minimum Gasteiger partial charge on any atom is -0.464 e. The Balaban J connectivity index is 2.47. The predicted octanol–water partition coefficient (Wildman–Crippen LogP) is 2.31. The number of ether oxygens (including phenoxy) is 1. The number of nitrogen functional groups attached to an aromatic ring is 1. The Kier molecular flexibility index (Phi) is 3.74. The van der Waals surface area contributed by atoms with Gasteiger partial charge in [-0.3, -0.25) is 0 Å². The van der Waals surface area contributed by atoms with Crippen LogP contribution in [0.25, 0.3) is 0 Å². The number of anilines is 1. The summed E-state index contributed by atoms with van der Waals surface area (Å²) in [6, 6.07) is 5.99. The second kappa shape index (κ2) is 5.32. The molecule has 0 aliphatic heterocycles. The quantitative estimate of drug-likeness (QED) is 0.874. The molecule has 20 heavy (non-hydrogen) atoms. The van der Waals surface area contributed by atoms with E-state index >= 15 is 0 Å². The molecule has 0 fully saturated rings. The first kappa shape index (κ1) is 14.0. The maximum Gasteiger partial charge on any atom is 0.360 e. The van der Waals surface area contributed by atoms with Gasteiger partial charge in [0.05, 0.1) is 13.2 Å². The molecule has 5 nitrogen and oxygen atoms in total. The van der Waals surface area contributed by atoms with Crippen LogP contribution in [0.4, 0.5) is 10.2 Å². The van der Waals surface area contributed by atoms with Crippen LogP contribution >= 0.6 is 0 Å². The van der Waals surface area contributed by atoms with E-state index in [-0.39, 0.29) is 23.4 Å². The molecule has 1 atom stereocenters. The van der Waals surface area contributed by atoms with E-state index in [0.29, 0.717) is 5.82 Å². The van der Waals surface area contributed by atoms with E-state index in [1.807, 2.05) is 6.92 Å². The SMILES string of the molecule is COC(=O)c1nc(C)n(C(C)c2cccc(F)c2)c1N. The molecule has 2 N–H and O–H groups in total. The first-order chi connectivity index (χ1) is 9.45. The van der Waals surface area contributed by atoms with Crippen LogP contribution in [-0.2, 0) is 4.74 Å². The van der Waals surface area contributed by atoms with Crippen molar-refractivity contribution in [3.8, 4) is 0 Å². The summed E-state index contributed by atoms with van der Waals surface area (Å²) in [7, 11) is 1.27. The Morgan fingerprint density at radius 2 is 2.20 bits per heavy atom.